The summed E-state index contributed by atoms with van der Waals surface area (Å²) in [5, 5.41) is 4.00. The van der Waals surface area contributed by atoms with Crippen molar-refractivity contribution in [2.75, 3.05) is 11.4 Å². The van der Waals surface area contributed by atoms with Crippen LogP contribution in [0.4, 0.5) is 5.69 Å². The quantitative estimate of drug-likeness (QED) is 0.828. The van der Waals surface area contributed by atoms with Crippen LogP contribution < -0.4 is 10.6 Å². The number of hydrogen-bond acceptors (Lipinski definition) is 5. The lowest BCUT2D eigenvalue weighted by atomic mass is 10.2. The summed E-state index contributed by atoms with van der Waals surface area (Å²) in [6, 6.07) is 9.46. The second-order valence-corrected chi connectivity index (χ2v) is 5.69. The molecule has 0 aliphatic carbocycles. The van der Waals surface area contributed by atoms with Crippen molar-refractivity contribution in [1.82, 2.24) is 9.59 Å². The van der Waals surface area contributed by atoms with E-state index in [2.05, 4.69) is 9.59 Å². The Morgan fingerprint density at radius 1 is 1.38 bits per heavy atom. The Morgan fingerprint density at radius 3 is 2.71 bits per heavy atom. The fourth-order valence-electron chi connectivity index (χ4n) is 1.90. The first-order valence-electron chi connectivity index (χ1n) is 6.60. The number of thiocarbonyl (C=S) groups is 1. The third kappa shape index (κ3) is 3.83. The molecule has 0 unspecified atom stereocenters. The number of para-hydroxylation sites is 1. The second-order valence-electron chi connectivity index (χ2n) is 4.41. The number of aromatic nitrogens is 2. The molecule has 2 rings (SSSR count). The van der Waals surface area contributed by atoms with Crippen molar-refractivity contribution in [3.05, 3.63) is 40.9 Å². The SMILES string of the molecule is CCc1nnsc1C(=O)N(CCC(N)=S)c1ccccc1. The van der Waals surface area contributed by atoms with Crippen molar-refractivity contribution >= 4 is 40.3 Å². The van der Waals surface area contributed by atoms with Crippen molar-refractivity contribution < 1.29 is 4.79 Å². The fourth-order valence-corrected chi connectivity index (χ4v) is 2.69. The standard InChI is InChI=1S/C14H16N4OS2/c1-2-11-13(21-17-16-11)14(19)18(9-8-12(15)20)10-6-4-3-5-7-10/h3-7H,2,8-9H2,1H3,(H2,15,20). The molecule has 2 aromatic rings. The van der Waals surface area contributed by atoms with Crippen LogP contribution in [-0.2, 0) is 6.42 Å². The Morgan fingerprint density at radius 2 is 2.10 bits per heavy atom. The van der Waals surface area contributed by atoms with E-state index in [1.165, 1.54) is 0 Å². The van der Waals surface area contributed by atoms with Gasteiger partial charge in [-0.2, -0.15) is 0 Å². The second kappa shape index (κ2) is 7.24. The number of anilines is 1. The molecule has 0 spiro atoms. The highest BCUT2D eigenvalue weighted by Gasteiger charge is 2.22. The highest BCUT2D eigenvalue weighted by Crippen LogP contribution is 2.20. The number of carbonyl (C=O) groups is 1. The number of nitrogens with zero attached hydrogens (tertiary/aromatic N) is 3. The molecule has 1 amide bonds. The maximum Gasteiger partial charge on any atom is 0.271 e. The summed E-state index contributed by atoms with van der Waals surface area (Å²) >= 11 is 6.04. The largest absolute Gasteiger partial charge is 0.393 e. The first-order valence-corrected chi connectivity index (χ1v) is 7.78. The summed E-state index contributed by atoms with van der Waals surface area (Å²) < 4.78 is 3.88. The van der Waals surface area contributed by atoms with Crippen molar-refractivity contribution in [1.29, 1.82) is 0 Å². The molecule has 5 nitrogen and oxygen atoms in total. The van der Waals surface area contributed by atoms with E-state index < -0.39 is 0 Å². The molecule has 0 bridgehead atoms. The van der Waals surface area contributed by atoms with Crippen LogP contribution in [0.25, 0.3) is 0 Å². The number of carbonyl (C=O) groups excluding carboxylic acids is 1. The molecule has 1 aromatic heterocycles. The monoisotopic (exact) mass is 320 g/mol. The van der Waals surface area contributed by atoms with Crippen molar-refractivity contribution in [2.45, 2.75) is 19.8 Å². The molecule has 0 radical (unpaired) electrons. The molecule has 1 aromatic carbocycles. The summed E-state index contributed by atoms with van der Waals surface area (Å²) in [6.07, 6.45) is 1.15. The summed E-state index contributed by atoms with van der Waals surface area (Å²) in [5.74, 6) is -0.107. The minimum absolute atomic E-state index is 0.107. The van der Waals surface area contributed by atoms with E-state index in [-0.39, 0.29) is 5.91 Å². The molecule has 0 saturated carbocycles. The van der Waals surface area contributed by atoms with E-state index in [0.717, 1.165) is 22.9 Å². The van der Waals surface area contributed by atoms with Crippen LogP contribution in [0.2, 0.25) is 0 Å². The number of amides is 1. The van der Waals surface area contributed by atoms with Crippen molar-refractivity contribution in [2.24, 2.45) is 5.73 Å². The van der Waals surface area contributed by atoms with E-state index >= 15 is 0 Å². The molecule has 1 heterocycles. The molecule has 0 atom stereocenters. The van der Waals surface area contributed by atoms with Gasteiger partial charge in [0.1, 0.15) is 4.88 Å². The molecule has 0 aliphatic rings. The molecule has 0 saturated heterocycles. The van der Waals surface area contributed by atoms with Crippen LogP contribution in [0, 0.1) is 0 Å². The lowest BCUT2D eigenvalue weighted by Crippen LogP contribution is -2.33. The predicted octanol–water partition coefficient (Wildman–Crippen LogP) is 2.42. The third-order valence-corrected chi connectivity index (χ3v) is 3.94. The van der Waals surface area contributed by atoms with Crippen LogP contribution in [0.5, 0.6) is 0 Å². The predicted molar refractivity (Wildman–Crippen MR) is 88.8 cm³/mol. The lowest BCUT2D eigenvalue weighted by Gasteiger charge is -2.22. The van der Waals surface area contributed by atoms with Crippen LogP contribution in [0.1, 0.15) is 28.7 Å². The van der Waals surface area contributed by atoms with Gasteiger partial charge < -0.3 is 10.6 Å². The first-order chi connectivity index (χ1) is 10.1. The number of aryl methyl sites for hydroxylation is 1. The van der Waals surface area contributed by atoms with Crippen LogP contribution in [0.15, 0.2) is 30.3 Å². The van der Waals surface area contributed by atoms with Gasteiger partial charge in [0.25, 0.3) is 5.91 Å². The zero-order chi connectivity index (χ0) is 15.2. The summed E-state index contributed by atoms with van der Waals surface area (Å²) in [7, 11) is 0. The Hall–Kier alpha value is -1.86. The van der Waals surface area contributed by atoms with Gasteiger partial charge >= 0.3 is 0 Å². The molecule has 110 valence electrons. The average Bonchev–Trinajstić information content (AvgIpc) is 2.96. The molecule has 0 aliphatic heterocycles. The molecular formula is C14H16N4OS2. The van der Waals surface area contributed by atoms with E-state index in [4.69, 9.17) is 18.0 Å². The van der Waals surface area contributed by atoms with E-state index in [0.29, 0.717) is 29.3 Å². The molecule has 2 N–H and O–H groups in total. The van der Waals surface area contributed by atoms with Crippen molar-refractivity contribution in [3.8, 4) is 0 Å². The lowest BCUT2D eigenvalue weighted by molar-refractivity contribution is 0.0990. The van der Waals surface area contributed by atoms with Gasteiger partial charge in [-0.25, -0.2) is 0 Å². The van der Waals surface area contributed by atoms with E-state index in [1.54, 1.807) is 4.90 Å². The smallest absolute Gasteiger partial charge is 0.271 e. The third-order valence-electron chi connectivity index (χ3n) is 2.98. The number of nitrogens with two attached hydrogens (primary N) is 1. The van der Waals surface area contributed by atoms with E-state index in [9.17, 15) is 4.79 Å². The van der Waals surface area contributed by atoms with Gasteiger partial charge in [0, 0.05) is 18.7 Å². The molecular weight excluding hydrogens is 304 g/mol. The summed E-state index contributed by atoms with van der Waals surface area (Å²) in [4.78, 5) is 15.4. The van der Waals surface area contributed by atoms with Crippen molar-refractivity contribution in [3.63, 3.8) is 0 Å². The van der Waals surface area contributed by atoms with Gasteiger partial charge in [-0.1, -0.05) is 41.8 Å². The Balaban J connectivity index is 2.30. The van der Waals surface area contributed by atoms with Crippen LogP contribution in [-0.4, -0.2) is 27.0 Å². The maximum atomic E-state index is 12.8. The fraction of sp³-hybridized carbons (Fsp3) is 0.286. The zero-order valence-corrected chi connectivity index (χ0v) is 13.3. The average molecular weight is 320 g/mol. The molecule has 0 fully saturated rings. The summed E-state index contributed by atoms with van der Waals surface area (Å²) in [6.45, 7) is 2.40. The topological polar surface area (TPSA) is 72.1 Å². The minimum atomic E-state index is -0.107. The van der Waals surface area contributed by atoms with Gasteiger partial charge in [0.05, 0.1) is 10.7 Å². The Labute approximate surface area is 132 Å². The van der Waals surface area contributed by atoms with Gasteiger partial charge in [0.15, 0.2) is 0 Å². The van der Waals surface area contributed by atoms with Crippen LogP contribution in [0.3, 0.4) is 0 Å². The molecule has 21 heavy (non-hydrogen) atoms. The van der Waals surface area contributed by atoms with E-state index in [1.807, 2.05) is 37.3 Å². The van der Waals surface area contributed by atoms with Gasteiger partial charge in [-0.05, 0) is 30.1 Å². The first kappa shape index (κ1) is 15.5. The normalized spacial score (nSPS) is 10.3. The van der Waals surface area contributed by atoms with Crippen LogP contribution >= 0.6 is 23.8 Å². The highest BCUT2D eigenvalue weighted by molar-refractivity contribution is 7.80. The zero-order valence-electron chi connectivity index (χ0n) is 11.7. The Bertz CT molecular complexity index is 627. The number of hydrogen-bond donors (Lipinski definition) is 1. The number of rotatable bonds is 6. The Kier molecular flexibility index (Phi) is 5.35. The van der Waals surface area contributed by atoms with Gasteiger partial charge in [-0.3, -0.25) is 4.79 Å². The minimum Gasteiger partial charge on any atom is -0.393 e. The van der Waals surface area contributed by atoms with Gasteiger partial charge in [-0.15, -0.1) is 5.10 Å². The maximum absolute atomic E-state index is 12.8. The molecule has 7 heteroatoms. The summed E-state index contributed by atoms with van der Waals surface area (Å²) in [5.41, 5.74) is 7.10. The van der Waals surface area contributed by atoms with Gasteiger partial charge in [0.2, 0.25) is 0 Å². The number of benzene rings is 1. The highest BCUT2D eigenvalue weighted by atomic mass is 32.1.